The van der Waals surface area contributed by atoms with Crippen molar-refractivity contribution in [1.82, 2.24) is 20.7 Å². The van der Waals surface area contributed by atoms with Crippen molar-refractivity contribution < 1.29 is 19.5 Å². The number of H-pyrrole nitrogens is 1. The normalized spacial score (nSPS) is 10.7. The molecule has 9 nitrogen and oxygen atoms in total. The number of nitrogens with zero attached hydrogens (tertiary/aromatic N) is 2. The third-order valence-electron chi connectivity index (χ3n) is 4.73. The number of hydrogen-bond donors (Lipinski definition) is 4. The molecule has 0 aliphatic rings. The highest BCUT2D eigenvalue weighted by Gasteiger charge is 2.12. The Kier molecular flexibility index (Phi) is 7.34. The van der Waals surface area contributed by atoms with Gasteiger partial charge in [0.2, 0.25) is 11.8 Å². The topological polar surface area (TPSA) is 129 Å². The fourth-order valence-corrected chi connectivity index (χ4v) is 3.12. The summed E-state index contributed by atoms with van der Waals surface area (Å²) in [6, 6.07) is 11.4. The number of aromatic amines is 1. The van der Waals surface area contributed by atoms with Gasteiger partial charge in [0.1, 0.15) is 5.75 Å². The van der Waals surface area contributed by atoms with Crippen molar-refractivity contribution in [2.75, 3.05) is 12.4 Å². The van der Waals surface area contributed by atoms with E-state index >= 15 is 0 Å². The number of carbonyl (C=O) groups is 2. The van der Waals surface area contributed by atoms with Crippen LogP contribution in [0, 0.1) is 0 Å². The number of unbranched alkanes of at least 4 members (excludes halogenated alkanes) is 3. The number of ether oxygens (including phenoxy) is 1. The van der Waals surface area contributed by atoms with E-state index in [4.69, 9.17) is 9.94 Å². The molecule has 0 radical (unpaired) electrons. The molecule has 4 N–H and O–H groups in total. The summed E-state index contributed by atoms with van der Waals surface area (Å²) >= 11 is 0. The third-order valence-corrected chi connectivity index (χ3v) is 4.73. The molecule has 0 saturated carbocycles. The average molecular weight is 411 g/mol. The van der Waals surface area contributed by atoms with E-state index in [0.717, 1.165) is 35.2 Å². The lowest BCUT2D eigenvalue weighted by molar-refractivity contribution is -0.129. The highest BCUT2D eigenvalue weighted by molar-refractivity contribution is 5.99. The lowest BCUT2D eigenvalue weighted by Crippen LogP contribution is -2.17. The summed E-state index contributed by atoms with van der Waals surface area (Å²) in [5, 5.41) is 19.0. The Morgan fingerprint density at radius 3 is 2.57 bits per heavy atom. The summed E-state index contributed by atoms with van der Waals surface area (Å²) in [7, 11) is 1.62. The Bertz CT molecular complexity index is 1020. The number of fused-ring (bicyclic) bond motifs is 1. The van der Waals surface area contributed by atoms with E-state index in [9.17, 15) is 9.59 Å². The number of hydrogen-bond acceptors (Lipinski definition) is 6. The van der Waals surface area contributed by atoms with E-state index in [-0.39, 0.29) is 18.2 Å². The number of rotatable bonds is 10. The molecule has 30 heavy (non-hydrogen) atoms. The first-order valence-electron chi connectivity index (χ1n) is 9.83. The number of hydroxylamine groups is 1. The second kappa shape index (κ2) is 10.4. The van der Waals surface area contributed by atoms with Gasteiger partial charge in [0.05, 0.1) is 18.2 Å². The number of amides is 2. The van der Waals surface area contributed by atoms with E-state index in [1.54, 1.807) is 12.6 Å². The molecule has 0 unspecified atom stereocenters. The number of aromatic nitrogens is 3. The summed E-state index contributed by atoms with van der Waals surface area (Å²) < 4.78 is 5.26. The van der Waals surface area contributed by atoms with Crippen molar-refractivity contribution in [2.45, 2.75) is 38.5 Å². The van der Waals surface area contributed by atoms with Gasteiger partial charge in [-0.3, -0.25) is 19.9 Å². The molecule has 3 aromatic rings. The van der Waals surface area contributed by atoms with Crippen LogP contribution >= 0.6 is 0 Å². The van der Waals surface area contributed by atoms with Gasteiger partial charge in [0.25, 0.3) is 0 Å². The molecule has 0 fully saturated rings. The van der Waals surface area contributed by atoms with Crippen LogP contribution in [-0.4, -0.2) is 39.3 Å². The van der Waals surface area contributed by atoms with Crippen LogP contribution in [0.5, 0.6) is 5.75 Å². The first-order valence-corrected chi connectivity index (χ1v) is 9.83. The van der Waals surface area contributed by atoms with Gasteiger partial charge in [0.15, 0.2) is 11.5 Å². The van der Waals surface area contributed by atoms with Gasteiger partial charge in [0, 0.05) is 18.4 Å². The van der Waals surface area contributed by atoms with Crippen molar-refractivity contribution in [3.63, 3.8) is 0 Å². The van der Waals surface area contributed by atoms with Gasteiger partial charge in [-0.2, -0.15) is 5.10 Å². The zero-order chi connectivity index (χ0) is 21.3. The van der Waals surface area contributed by atoms with Crippen LogP contribution in [0.2, 0.25) is 0 Å². The summed E-state index contributed by atoms with van der Waals surface area (Å²) in [6.45, 7) is 0. The molecule has 2 heterocycles. The van der Waals surface area contributed by atoms with Gasteiger partial charge in [-0.05, 0) is 37.1 Å². The van der Waals surface area contributed by atoms with E-state index < -0.39 is 0 Å². The number of benzene rings is 1. The summed E-state index contributed by atoms with van der Waals surface area (Å²) in [4.78, 5) is 27.7. The molecule has 1 aromatic carbocycles. The lowest BCUT2D eigenvalue weighted by Gasteiger charge is -2.05. The van der Waals surface area contributed by atoms with Crippen LogP contribution in [0.25, 0.3) is 22.3 Å². The molecule has 3 rings (SSSR count). The largest absolute Gasteiger partial charge is 0.497 e. The molecule has 0 saturated heterocycles. The highest BCUT2D eigenvalue weighted by Crippen LogP contribution is 2.26. The number of nitrogens with one attached hydrogen (secondary N) is 3. The van der Waals surface area contributed by atoms with Crippen molar-refractivity contribution >= 4 is 28.7 Å². The molecular formula is C21H25N5O4. The minimum absolute atomic E-state index is 0.117. The standard InChI is InChI=1S/C21H25N5O4/c1-30-15-8-6-7-14(13-15)17-12-11-16-20(22-17)24-25-21(16)23-18(27)9-4-2-3-5-10-19(28)26-29/h6-8,11-13,29H,2-5,9-10H2,1H3,(H,26,28)(H2,22,23,24,25,27). The molecule has 2 aromatic heterocycles. The van der Waals surface area contributed by atoms with Crippen molar-refractivity contribution in [1.29, 1.82) is 0 Å². The second-order valence-corrected chi connectivity index (χ2v) is 6.89. The molecule has 158 valence electrons. The molecule has 0 bridgehead atoms. The first-order chi connectivity index (χ1) is 14.6. The van der Waals surface area contributed by atoms with Gasteiger partial charge >= 0.3 is 0 Å². The molecular weight excluding hydrogens is 386 g/mol. The maximum atomic E-state index is 12.2. The smallest absolute Gasteiger partial charge is 0.243 e. The monoisotopic (exact) mass is 411 g/mol. The number of anilines is 1. The quantitative estimate of drug-likeness (QED) is 0.230. The predicted molar refractivity (Wildman–Crippen MR) is 112 cm³/mol. The zero-order valence-corrected chi connectivity index (χ0v) is 16.8. The molecule has 0 spiro atoms. The molecule has 2 amide bonds. The van der Waals surface area contributed by atoms with Crippen LogP contribution in [-0.2, 0) is 9.59 Å². The fourth-order valence-electron chi connectivity index (χ4n) is 3.12. The molecule has 9 heteroatoms. The Hall–Kier alpha value is -3.46. The second-order valence-electron chi connectivity index (χ2n) is 6.89. The van der Waals surface area contributed by atoms with Gasteiger partial charge < -0.3 is 10.1 Å². The summed E-state index contributed by atoms with van der Waals surface area (Å²) in [5.74, 6) is 0.706. The maximum Gasteiger partial charge on any atom is 0.243 e. The van der Waals surface area contributed by atoms with E-state index in [2.05, 4.69) is 20.5 Å². The highest BCUT2D eigenvalue weighted by atomic mass is 16.5. The summed E-state index contributed by atoms with van der Waals surface area (Å²) in [5.41, 5.74) is 3.90. The minimum Gasteiger partial charge on any atom is -0.497 e. The Morgan fingerprint density at radius 2 is 1.83 bits per heavy atom. The molecule has 0 aliphatic carbocycles. The third kappa shape index (κ3) is 5.54. The van der Waals surface area contributed by atoms with Crippen LogP contribution < -0.4 is 15.5 Å². The molecule has 0 atom stereocenters. The minimum atomic E-state index is -0.388. The van der Waals surface area contributed by atoms with Crippen molar-refractivity contribution in [2.24, 2.45) is 0 Å². The zero-order valence-electron chi connectivity index (χ0n) is 16.8. The Labute approximate surface area is 173 Å². The van der Waals surface area contributed by atoms with E-state index in [0.29, 0.717) is 30.7 Å². The van der Waals surface area contributed by atoms with Crippen LogP contribution in [0.15, 0.2) is 36.4 Å². The van der Waals surface area contributed by atoms with Crippen LogP contribution in [0.3, 0.4) is 0 Å². The Balaban J connectivity index is 1.54. The van der Waals surface area contributed by atoms with E-state index in [1.165, 1.54) is 0 Å². The number of carbonyl (C=O) groups excluding carboxylic acids is 2. The predicted octanol–water partition coefficient (Wildman–Crippen LogP) is 3.42. The van der Waals surface area contributed by atoms with Gasteiger partial charge in [-0.1, -0.05) is 25.0 Å². The van der Waals surface area contributed by atoms with Crippen LogP contribution in [0.4, 0.5) is 5.82 Å². The average Bonchev–Trinajstić information content (AvgIpc) is 3.17. The van der Waals surface area contributed by atoms with Crippen molar-refractivity contribution in [3.05, 3.63) is 36.4 Å². The Morgan fingerprint density at radius 1 is 1.07 bits per heavy atom. The number of methoxy groups -OCH3 is 1. The van der Waals surface area contributed by atoms with Crippen LogP contribution in [0.1, 0.15) is 38.5 Å². The fraction of sp³-hybridized carbons (Fsp3) is 0.333. The van der Waals surface area contributed by atoms with Crippen molar-refractivity contribution in [3.8, 4) is 17.0 Å². The SMILES string of the molecule is COc1cccc(-c2ccc3c(NC(=O)CCCCCCC(=O)NO)n[nH]c3n2)c1. The molecule has 0 aliphatic heterocycles. The maximum absolute atomic E-state index is 12.2. The first kappa shape index (κ1) is 21.3. The number of pyridine rings is 1. The lowest BCUT2D eigenvalue weighted by atomic mass is 10.1. The summed E-state index contributed by atoms with van der Waals surface area (Å²) in [6.07, 6.45) is 3.71. The van der Waals surface area contributed by atoms with Gasteiger partial charge in [-0.15, -0.1) is 0 Å². The van der Waals surface area contributed by atoms with E-state index in [1.807, 2.05) is 36.4 Å². The van der Waals surface area contributed by atoms with Gasteiger partial charge in [-0.25, -0.2) is 10.5 Å².